The third-order valence-electron chi connectivity index (χ3n) is 2.67. The van der Waals surface area contributed by atoms with Crippen LogP contribution in [0.5, 0.6) is 0 Å². The highest BCUT2D eigenvalue weighted by Gasteiger charge is 2.06. The molecule has 2 rings (SSSR count). The summed E-state index contributed by atoms with van der Waals surface area (Å²) in [5.41, 5.74) is 10.7. The number of aromatic amines is 1. The van der Waals surface area contributed by atoms with Gasteiger partial charge in [-0.3, -0.25) is 0 Å². The molecule has 0 radical (unpaired) electrons. The number of nitrogens with two attached hydrogens (primary N) is 1. The van der Waals surface area contributed by atoms with Crippen LogP contribution in [0.1, 0.15) is 16.8 Å². The van der Waals surface area contributed by atoms with E-state index >= 15 is 0 Å². The monoisotopic (exact) mass is 188 g/mol. The molecule has 1 aromatic carbocycles. The summed E-state index contributed by atoms with van der Waals surface area (Å²) >= 11 is 0. The second kappa shape index (κ2) is 3.46. The lowest BCUT2D eigenvalue weighted by Crippen LogP contribution is -2.03. The lowest BCUT2D eigenvalue weighted by Gasteiger charge is -1.98. The number of hydrogen-bond donors (Lipinski definition) is 2. The van der Waals surface area contributed by atoms with Crippen LogP contribution in [-0.4, -0.2) is 11.5 Å². The Labute approximate surface area is 84.1 Å². The molecule has 1 aromatic heterocycles. The molecule has 0 aliphatic rings. The van der Waals surface area contributed by atoms with Crippen molar-refractivity contribution in [1.29, 1.82) is 0 Å². The van der Waals surface area contributed by atoms with Gasteiger partial charge in [-0.2, -0.15) is 0 Å². The lowest BCUT2D eigenvalue weighted by atomic mass is 10.1. The molecule has 0 bridgehead atoms. The fourth-order valence-electron chi connectivity index (χ4n) is 1.97. The van der Waals surface area contributed by atoms with Crippen LogP contribution < -0.4 is 5.73 Å². The van der Waals surface area contributed by atoms with E-state index < -0.39 is 0 Å². The molecule has 74 valence electrons. The van der Waals surface area contributed by atoms with Crippen molar-refractivity contribution in [2.45, 2.75) is 20.3 Å². The number of aryl methyl sites for hydroxylation is 2. The molecule has 0 aliphatic carbocycles. The van der Waals surface area contributed by atoms with Gasteiger partial charge in [-0.25, -0.2) is 0 Å². The van der Waals surface area contributed by atoms with E-state index in [9.17, 15) is 0 Å². The highest BCUT2D eigenvalue weighted by Crippen LogP contribution is 2.23. The Kier molecular flexibility index (Phi) is 2.30. The van der Waals surface area contributed by atoms with E-state index in [0.29, 0.717) is 6.54 Å². The van der Waals surface area contributed by atoms with Crippen molar-refractivity contribution in [3.63, 3.8) is 0 Å². The summed E-state index contributed by atoms with van der Waals surface area (Å²) in [6.07, 6.45) is 0.953. The Morgan fingerprint density at radius 1 is 1.29 bits per heavy atom. The average molecular weight is 188 g/mol. The molecule has 0 amide bonds. The maximum Gasteiger partial charge on any atom is 0.0461 e. The molecule has 0 spiro atoms. The average Bonchev–Trinajstić information content (AvgIpc) is 2.43. The first-order valence-electron chi connectivity index (χ1n) is 5.00. The van der Waals surface area contributed by atoms with E-state index in [2.05, 4.69) is 37.0 Å². The van der Waals surface area contributed by atoms with E-state index in [4.69, 9.17) is 5.73 Å². The minimum Gasteiger partial charge on any atom is -0.358 e. The Morgan fingerprint density at radius 2 is 2.07 bits per heavy atom. The topological polar surface area (TPSA) is 41.8 Å². The second-order valence-corrected chi connectivity index (χ2v) is 3.82. The SMILES string of the molecule is Cc1ccc2c(CCN)c(C)[nH]c2c1. The van der Waals surface area contributed by atoms with Crippen LogP contribution in [0, 0.1) is 13.8 Å². The van der Waals surface area contributed by atoms with Gasteiger partial charge in [-0.1, -0.05) is 12.1 Å². The first-order chi connectivity index (χ1) is 6.72. The third kappa shape index (κ3) is 1.42. The standard InChI is InChI=1S/C12H16N2/c1-8-3-4-11-10(5-6-13)9(2)14-12(11)7-8/h3-4,7,14H,5-6,13H2,1-2H3. The van der Waals surface area contributed by atoms with E-state index in [1.54, 1.807) is 0 Å². The van der Waals surface area contributed by atoms with Gasteiger partial charge in [0.15, 0.2) is 0 Å². The largest absolute Gasteiger partial charge is 0.358 e. The number of H-pyrrole nitrogens is 1. The Bertz CT molecular complexity index is 455. The summed E-state index contributed by atoms with van der Waals surface area (Å²) in [4.78, 5) is 3.40. The number of hydrogen-bond acceptors (Lipinski definition) is 1. The van der Waals surface area contributed by atoms with Crippen molar-refractivity contribution in [1.82, 2.24) is 4.98 Å². The van der Waals surface area contributed by atoms with Crippen LogP contribution in [0.25, 0.3) is 10.9 Å². The molecule has 0 aliphatic heterocycles. The highest BCUT2D eigenvalue weighted by molar-refractivity contribution is 5.85. The van der Waals surface area contributed by atoms with Crippen LogP contribution in [0.4, 0.5) is 0 Å². The van der Waals surface area contributed by atoms with Crippen molar-refractivity contribution in [2.24, 2.45) is 5.73 Å². The van der Waals surface area contributed by atoms with Crippen molar-refractivity contribution in [2.75, 3.05) is 6.54 Å². The van der Waals surface area contributed by atoms with Gasteiger partial charge in [0.25, 0.3) is 0 Å². The lowest BCUT2D eigenvalue weighted by molar-refractivity contribution is 0.963. The van der Waals surface area contributed by atoms with Crippen LogP contribution in [0.2, 0.25) is 0 Å². The molecule has 14 heavy (non-hydrogen) atoms. The molecule has 2 nitrogen and oxygen atoms in total. The summed E-state index contributed by atoms with van der Waals surface area (Å²) in [7, 11) is 0. The molecule has 0 unspecified atom stereocenters. The number of rotatable bonds is 2. The minimum absolute atomic E-state index is 0.710. The predicted molar refractivity (Wildman–Crippen MR) is 60.5 cm³/mol. The van der Waals surface area contributed by atoms with Crippen molar-refractivity contribution >= 4 is 10.9 Å². The number of benzene rings is 1. The van der Waals surface area contributed by atoms with Gasteiger partial charge in [0.2, 0.25) is 0 Å². The quantitative estimate of drug-likeness (QED) is 0.746. The van der Waals surface area contributed by atoms with Crippen LogP contribution in [0.3, 0.4) is 0 Å². The van der Waals surface area contributed by atoms with E-state index in [0.717, 1.165) is 6.42 Å². The minimum atomic E-state index is 0.710. The van der Waals surface area contributed by atoms with Gasteiger partial charge in [0, 0.05) is 16.6 Å². The first kappa shape index (κ1) is 9.28. The highest BCUT2D eigenvalue weighted by atomic mass is 14.7. The zero-order valence-corrected chi connectivity index (χ0v) is 8.72. The number of nitrogens with one attached hydrogen (secondary N) is 1. The Hall–Kier alpha value is -1.28. The molecular formula is C12H16N2. The van der Waals surface area contributed by atoms with Gasteiger partial charge in [-0.15, -0.1) is 0 Å². The molecule has 3 N–H and O–H groups in total. The fraction of sp³-hybridized carbons (Fsp3) is 0.333. The van der Waals surface area contributed by atoms with Gasteiger partial charge in [0.05, 0.1) is 0 Å². The van der Waals surface area contributed by atoms with E-state index in [-0.39, 0.29) is 0 Å². The molecule has 0 atom stereocenters. The van der Waals surface area contributed by atoms with Crippen LogP contribution in [-0.2, 0) is 6.42 Å². The molecule has 2 heteroatoms. The maximum atomic E-state index is 5.60. The molecule has 0 saturated carbocycles. The maximum absolute atomic E-state index is 5.60. The van der Waals surface area contributed by atoms with Gasteiger partial charge < -0.3 is 10.7 Å². The molecule has 2 aromatic rings. The Morgan fingerprint density at radius 3 is 2.79 bits per heavy atom. The normalized spacial score (nSPS) is 11.1. The molecular weight excluding hydrogens is 172 g/mol. The summed E-state index contributed by atoms with van der Waals surface area (Å²) < 4.78 is 0. The predicted octanol–water partition coefficient (Wildman–Crippen LogP) is 2.29. The fourth-order valence-corrected chi connectivity index (χ4v) is 1.97. The van der Waals surface area contributed by atoms with Gasteiger partial charge >= 0.3 is 0 Å². The summed E-state index contributed by atoms with van der Waals surface area (Å²) in [5, 5.41) is 1.32. The molecule has 0 fully saturated rings. The second-order valence-electron chi connectivity index (χ2n) is 3.82. The van der Waals surface area contributed by atoms with Crippen molar-refractivity contribution in [3.8, 4) is 0 Å². The van der Waals surface area contributed by atoms with Crippen molar-refractivity contribution < 1.29 is 0 Å². The zero-order chi connectivity index (χ0) is 10.1. The first-order valence-corrected chi connectivity index (χ1v) is 5.00. The van der Waals surface area contributed by atoms with Crippen molar-refractivity contribution in [3.05, 3.63) is 35.0 Å². The van der Waals surface area contributed by atoms with Gasteiger partial charge in [0.1, 0.15) is 0 Å². The van der Waals surface area contributed by atoms with Crippen LogP contribution >= 0.6 is 0 Å². The number of aromatic nitrogens is 1. The smallest absolute Gasteiger partial charge is 0.0461 e. The van der Waals surface area contributed by atoms with Crippen LogP contribution in [0.15, 0.2) is 18.2 Å². The Balaban J connectivity index is 2.64. The third-order valence-corrected chi connectivity index (χ3v) is 2.67. The zero-order valence-electron chi connectivity index (χ0n) is 8.72. The van der Waals surface area contributed by atoms with E-state index in [1.807, 2.05) is 0 Å². The summed E-state index contributed by atoms with van der Waals surface area (Å²) in [6.45, 7) is 4.93. The van der Waals surface area contributed by atoms with Gasteiger partial charge in [-0.05, 0) is 44.0 Å². The molecule has 1 heterocycles. The van der Waals surface area contributed by atoms with E-state index in [1.165, 1.54) is 27.7 Å². The summed E-state index contributed by atoms with van der Waals surface area (Å²) in [5.74, 6) is 0. The number of fused-ring (bicyclic) bond motifs is 1. The molecule has 0 saturated heterocycles. The summed E-state index contributed by atoms with van der Waals surface area (Å²) in [6, 6.07) is 6.51.